The van der Waals surface area contributed by atoms with Gasteiger partial charge >= 0.3 is 0 Å². The van der Waals surface area contributed by atoms with Crippen molar-refractivity contribution in [1.29, 1.82) is 0 Å². The third kappa shape index (κ3) is 4.38. The molecule has 146 valence electrons. The minimum absolute atomic E-state index is 0.252. The number of nitrogens with zero attached hydrogens (tertiary/aromatic N) is 1. The van der Waals surface area contributed by atoms with Crippen LogP contribution in [0.2, 0.25) is 0 Å². The lowest BCUT2D eigenvalue weighted by atomic mass is 9.99. The third-order valence-electron chi connectivity index (χ3n) is 4.25. The predicted molar refractivity (Wildman–Crippen MR) is 110 cm³/mol. The van der Waals surface area contributed by atoms with Gasteiger partial charge in [-0.3, -0.25) is 4.79 Å². The Kier molecular flexibility index (Phi) is 5.68. The van der Waals surface area contributed by atoms with E-state index in [2.05, 4.69) is 37.1 Å². The van der Waals surface area contributed by atoms with Crippen LogP contribution in [0.15, 0.2) is 12.1 Å². The average Bonchev–Trinajstić information content (AvgIpc) is 3.10. The van der Waals surface area contributed by atoms with Crippen molar-refractivity contribution in [3.8, 4) is 22.8 Å². The normalized spacial score (nSPS) is 15.8. The number of ether oxygens (including phenoxy) is 2. The maximum absolute atomic E-state index is 11.9. The topological polar surface area (TPSA) is 60.5 Å². The molecule has 7 heteroatoms. The lowest BCUT2D eigenvalue weighted by Gasteiger charge is -2.18. The molecule has 0 fully saturated rings. The second-order valence-electron chi connectivity index (χ2n) is 7.38. The van der Waals surface area contributed by atoms with E-state index in [9.17, 15) is 4.79 Å². The number of rotatable bonds is 6. The fourth-order valence-corrected chi connectivity index (χ4v) is 3.95. The maximum Gasteiger partial charge on any atom is 0.243 e. The van der Waals surface area contributed by atoms with Gasteiger partial charge in [0.05, 0.1) is 12.3 Å². The van der Waals surface area contributed by atoms with Gasteiger partial charge in [-0.2, -0.15) is 0 Å². The highest BCUT2D eigenvalue weighted by molar-refractivity contribution is 7.16. The van der Waals surface area contributed by atoms with E-state index < -0.39 is 5.38 Å². The smallest absolute Gasteiger partial charge is 0.243 e. The highest BCUT2D eigenvalue weighted by atomic mass is 35.5. The molecule has 0 saturated heterocycles. The zero-order chi connectivity index (χ0) is 19.8. The summed E-state index contributed by atoms with van der Waals surface area (Å²) in [7, 11) is 0. The summed E-state index contributed by atoms with van der Waals surface area (Å²) in [5.41, 5.74) is 2.68. The molecule has 3 rings (SSSR count). The number of alkyl halides is 1. The molecule has 0 saturated carbocycles. The van der Waals surface area contributed by atoms with Gasteiger partial charge in [0.15, 0.2) is 16.6 Å². The van der Waals surface area contributed by atoms with Crippen LogP contribution in [-0.4, -0.2) is 28.5 Å². The first-order valence-electron chi connectivity index (χ1n) is 9.11. The predicted octanol–water partition coefficient (Wildman–Crippen LogP) is 5.19. The lowest BCUT2D eigenvalue weighted by Crippen LogP contribution is -2.24. The van der Waals surface area contributed by atoms with Crippen LogP contribution < -0.4 is 14.8 Å². The Morgan fingerprint density at radius 1 is 1.48 bits per heavy atom. The van der Waals surface area contributed by atoms with Gasteiger partial charge in [0.25, 0.3) is 0 Å². The third-order valence-corrected chi connectivity index (χ3v) is 5.33. The summed E-state index contributed by atoms with van der Waals surface area (Å²) in [5.74, 6) is 1.32. The molecule has 0 spiro atoms. The molecular formula is C20H25ClN2O3S. The molecule has 2 heterocycles. The second-order valence-corrected chi connectivity index (χ2v) is 9.24. The molecule has 2 aromatic rings. The van der Waals surface area contributed by atoms with E-state index in [0.717, 1.165) is 46.0 Å². The van der Waals surface area contributed by atoms with Crippen LogP contribution in [0, 0.1) is 6.92 Å². The molecule has 5 nitrogen and oxygen atoms in total. The molecule has 0 bridgehead atoms. The van der Waals surface area contributed by atoms with Crippen LogP contribution in [0.5, 0.6) is 11.5 Å². The fourth-order valence-electron chi connectivity index (χ4n) is 3.06. The van der Waals surface area contributed by atoms with E-state index in [1.807, 2.05) is 13.0 Å². The molecular weight excluding hydrogens is 384 g/mol. The Labute approximate surface area is 169 Å². The van der Waals surface area contributed by atoms with Gasteiger partial charge < -0.3 is 14.8 Å². The summed E-state index contributed by atoms with van der Waals surface area (Å²) in [4.78, 5) is 17.5. The highest BCUT2D eigenvalue weighted by Crippen LogP contribution is 2.45. The highest BCUT2D eigenvalue weighted by Gasteiger charge is 2.33. The molecule has 1 atom stereocenters. The van der Waals surface area contributed by atoms with E-state index in [0.29, 0.717) is 11.7 Å². The average molecular weight is 409 g/mol. The number of hydrogen-bond acceptors (Lipinski definition) is 5. The molecule has 1 amide bonds. The van der Waals surface area contributed by atoms with Crippen LogP contribution in [0.1, 0.15) is 44.6 Å². The standard InChI is InChI=1S/C20H25ClN2O3S/c1-6-7-25-15-9-13(8-14-10-20(4,5)26-17(14)15)16-12(3)27-19(22-16)23-18(24)11(2)21/h8-9,11H,6-7,10H2,1-5H3,(H,22,23,24). The van der Waals surface area contributed by atoms with Crippen molar-refractivity contribution in [1.82, 2.24) is 4.98 Å². The summed E-state index contributed by atoms with van der Waals surface area (Å²) >= 11 is 7.27. The summed E-state index contributed by atoms with van der Waals surface area (Å²) in [6.45, 7) is 10.5. The Balaban J connectivity index is 1.98. The van der Waals surface area contributed by atoms with Gasteiger partial charge in [-0.1, -0.05) is 6.92 Å². The number of aromatic nitrogens is 1. The van der Waals surface area contributed by atoms with Gasteiger partial charge in [-0.25, -0.2) is 4.98 Å². The van der Waals surface area contributed by atoms with E-state index in [1.54, 1.807) is 6.92 Å². The van der Waals surface area contributed by atoms with E-state index in [4.69, 9.17) is 21.1 Å². The lowest BCUT2D eigenvalue weighted by molar-refractivity contribution is -0.115. The number of nitrogens with one attached hydrogen (secondary N) is 1. The number of anilines is 1. The SMILES string of the molecule is CCCOc1cc(-c2nc(NC(=O)C(C)Cl)sc2C)cc2c1OC(C)(C)C2. The molecule has 27 heavy (non-hydrogen) atoms. The van der Waals surface area contributed by atoms with E-state index in [-0.39, 0.29) is 11.5 Å². The quantitative estimate of drug-likeness (QED) is 0.668. The Morgan fingerprint density at radius 3 is 2.89 bits per heavy atom. The number of hydrogen-bond donors (Lipinski definition) is 1. The number of carbonyl (C=O) groups is 1. The molecule has 1 aliphatic rings. The summed E-state index contributed by atoms with van der Waals surface area (Å²) in [6.07, 6.45) is 1.74. The Hall–Kier alpha value is -1.79. The van der Waals surface area contributed by atoms with Crippen LogP contribution in [0.3, 0.4) is 0 Å². The largest absolute Gasteiger partial charge is 0.490 e. The van der Waals surface area contributed by atoms with Crippen molar-refractivity contribution >= 4 is 34.0 Å². The van der Waals surface area contributed by atoms with Crippen LogP contribution in [0.4, 0.5) is 5.13 Å². The second kappa shape index (κ2) is 7.68. The first-order chi connectivity index (χ1) is 12.7. The monoisotopic (exact) mass is 408 g/mol. The fraction of sp³-hybridized carbons (Fsp3) is 0.500. The number of benzene rings is 1. The van der Waals surface area contributed by atoms with E-state index >= 15 is 0 Å². The number of halogens is 1. The molecule has 1 N–H and O–H groups in total. The Morgan fingerprint density at radius 2 is 2.22 bits per heavy atom. The molecule has 1 aromatic heterocycles. The molecule has 1 aliphatic heterocycles. The van der Waals surface area contributed by atoms with Crippen molar-refractivity contribution in [3.63, 3.8) is 0 Å². The van der Waals surface area contributed by atoms with Gasteiger partial charge in [0.1, 0.15) is 11.0 Å². The first-order valence-corrected chi connectivity index (χ1v) is 10.4. The van der Waals surface area contributed by atoms with E-state index in [1.165, 1.54) is 11.3 Å². The molecule has 1 aromatic carbocycles. The zero-order valence-corrected chi connectivity index (χ0v) is 17.9. The number of fused-ring (bicyclic) bond motifs is 1. The minimum atomic E-state index is -0.605. The number of thiazole rings is 1. The van der Waals surface area contributed by atoms with Crippen molar-refractivity contribution < 1.29 is 14.3 Å². The van der Waals surface area contributed by atoms with Gasteiger partial charge in [0.2, 0.25) is 5.91 Å². The zero-order valence-electron chi connectivity index (χ0n) is 16.3. The number of carbonyl (C=O) groups excluding carboxylic acids is 1. The van der Waals surface area contributed by atoms with Crippen molar-refractivity contribution in [2.45, 2.75) is 58.4 Å². The van der Waals surface area contributed by atoms with Crippen molar-refractivity contribution in [2.24, 2.45) is 0 Å². The molecule has 0 radical (unpaired) electrons. The van der Waals surface area contributed by atoms with Crippen molar-refractivity contribution in [3.05, 3.63) is 22.6 Å². The Bertz CT molecular complexity index is 861. The maximum atomic E-state index is 11.9. The van der Waals surface area contributed by atoms with Crippen molar-refractivity contribution in [2.75, 3.05) is 11.9 Å². The van der Waals surface area contributed by atoms with Gasteiger partial charge in [-0.15, -0.1) is 22.9 Å². The van der Waals surface area contributed by atoms with Gasteiger partial charge in [-0.05, 0) is 46.2 Å². The van der Waals surface area contributed by atoms with Crippen LogP contribution in [-0.2, 0) is 11.2 Å². The van der Waals surface area contributed by atoms with Crippen LogP contribution >= 0.6 is 22.9 Å². The number of aryl methyl sites for hydroxylation is 1. The summed E-state index contributed by atoms with van der Waals surface area (Å²) in [5, 5.41) is 2.71. The van der Waals surface area contributed by atoms with Crippen LogP contribution in [0.25, 0.3) is 11.3 Å². The minimum Gasteiger partial charge on any atom is -0.490 e. The number of amides is 1. The van der Waals surface area contributed by atoms with Gasteiger partial charge in [0, 0.05) is 22.4 Å². The summed E-state index contributed by atoms with van der Waals surface area (Å²) < 4.78 is 12.1. The first kappa shape index (κ1) is 20.0. The molecule has 1 unspecified atom stereocenters. The molecule has 0 aliphatic carbocycles. The summed E-state index contributed by atoms with van der Waals surface area (Å²) in [6, 6.07) is 4.09.